The number of hydrogen-bond acceptors (Lipinski definition) is 3. The van der Waals surface area contributed by atoms with Crippen LogP contribution in [0.1, 0.15) is 25.0 Å². The van der Waals surface area contributed by atoms with Gasteiger partial charge >= 0.3 is 6.03 Å². The van der Waals surface area contributed by atoms with Gasteiger partial charge in [-0.05, 0) is 39.0 Å². The average Bonchev–Trinajstić information content (AvgIpc) is 3.19. The van der Waals surface area contributed by atoms with Crippen LogP contribution in [0.5, 0.6) is 0 Å². The molecule has 27 heavy (non-hydrogen) atoms. The van der Waals surface area contributed by atoms with E-state index in [2.05, 4.69) is 5.32 Å². The van der Waals surface area contributed by atoms with E-state index in [9.17, 15) is 9.59 Å². The van der Waals surface area contributed by atoms with Gasteiger partial charge in [0.1, 0.15) is 0 Å². The number of hydrogen-bond donors (Lipinski definition) is 1. The summed E-state index contributed by atoms with van der Waals surface area (Å²) in [5.41, 5.74) is 3.68. The number of carbonyl (C=O) groups is 2. The lowest BCUT2D eigenvalue weighted by Gasteiger charge is -2.33. The van der Waals surface area contributed by atoms with Gasteiger partial charge in [0.15, 0.2) is 4.87 Å². The maximum Gasteiger partial charge on any atom is 0.323 e. The highest BCUT2D eigenvalue weighted by Gasteiger charge is 2.59. The van der Waals surface area contributed by atoms with E-state index < -0.39 is 4.87 Å². The number of aryl methyl sites for hydroxylation is 1. The van der Waals surface area contributed by atoms with Gasteiger partial charge in [0.05, 0.1) is 5.69 Å². The number of amides is 3. The quantitative estimate of drug-likeness (QED) is 0.849. The monoisotopic (exact) mass is 381 g/mol. The molecule has 3 amide bonds. The first-order valence-corrected chi connectivity index (χ1v) is 10.2. The second-order valence-corrected chi connectivity index (χ2v) is 8.51. The Kier molecular flexibility index (Phi) is 4.38. The van der Waals surface area contributed by atoms with E-state index in [-0.39, 0.29) is 18.0 Å². The van der Waals surface area contributed by atoms with Gasteiger partial charge in [0, 0.05) is 29.6 Å². The Morgan fingerprint density at radius 3 is 2.56 bits per heavy atom. The lowest BCUT2D eigenvalue weighted by molar-refractivity contribution is -0.123. The van der Waals surface area contributed by atoms with Gasteiger partial charge in [0.25, 0.3) is 5.91 Å². The highest BCUT2D eigenvalue weighted by Crippen LogP contribution is 2.54. The SMILES string of the molecule is Cc1ccc(NC(=O)N2CCS[C@]23C(=O)N(C(C)C)c2ccccc23)cc1. The standard InChI is InChI=1S/C21H23N3O2S/c1-14(2)24-18-7-5-4-6-17(18)21(19(24)25)23(12-13-27-21)20(26)22-16-10-8-15(3)9-11-16/h4-11,14H,12-13H2,1-3H3,(H,22,26)/t21-/m1/s1. The fraction of sp³-hybridized carbons (Fsp3) is 0.333. The number of fused-ring (bicyclic) bond motifs is 2. The van der Waals surface area contributed by atoms with Crippen LogP contribution in [-0.2, 0) is 9.67 Å². The van der Waals surface area contributed by atoms with Crippen LogP contribution in [0.4, 0.5) is 16.2 Å². The molecular weight excluding hydrogens is 358 g/mol. The minimum absolute atomic E-state index is 0.0275. The molecular formula is C21H23N3O2S. The molecule has 1 saturated heterocycles. The summed E-state index contributed by atoms with van der Waals surface area (Å²) in [5, 5.41) is 2.96. The maximum absolute atomic E-state index is 13.5. The molecule has 0 aliphatic carbocycles. The third kappa shape index (κ3) is 2.70. The minimum atomic E-state index is -0.977. The van der Waals surface area contributed by atoms with Crippen LogP contribution in [0.2, 0.25) is 0 Å². The molecule has 1 atom stereocenters. The van der Waals surface area contributed by atoms with Crippen molar-refractivity contribution in [3.8, 4) is 0 Å². The molecule has 1 N–H and O–H groups in total. The first-order valence-electron chi connectivity index (χ1n) is 9.17. The van der Waals surface area contributed by atoms with Crippen LogP contribution in [-0.4, -0.2) is 35.2 Å². The summed E-state index contributed by atoms with van der Waals surface area (Å²) in [6.45, 7) is 6.55. The highest BCUT2D eigenvalue weighted by atomic mass is 32.2. The van der Waals surface area contributed by atoms with Gasteiger partial charge < -0.3 is 10.2 Å². The molecule has 2 aromatic carbocycles. The molecule has 5 nitrogen and oxygen atoms in total. The van der Waals surface area contributed by atoms with Crippen LogP contribution >= 0.6 is 11.8 Å². The van der Waals surface area contributed by atoms with Crippen molar-refractivity contribution < 1.29 is 9.59 Å². The predicted molar refractivity (Wildman–Crippen MR) is 110 cm³/mol. The van der Waals surface area contributed by atoms with Gasteiger partial charge in [-0.1, -0.05) is 35.9 Å². The van der Waals surface area contributed by atoms with Crippen molar-refractivity contribution in [3.05, 3.63) is 59.7 Å². The van der Waals surface area contributed by atoms with Gasteiger partial charge in [-0.25, -0.2) is 4.79 Å². The number of anilines is 2. The third-order valence-corrected chi connectivity index (χ3v) is 6.53. The molecule has 4 rings (SSSR count). The Morgan fingerprint density at radius 1 is 1.15 bits per heavy atom. The number of para-hydroxylation sites is 1. The normalized spacial score (nSPS) is 21.3. The Morgan fingerprint density at radius 2 is 1.85 bits per heavy atom. The van der Waals surface area contributed by atoms with Crippen LogP contribution in [0.3, 0.4) is 0 Å². The molecule has 1 spiro atoms. The minimum Gasteiger partial charge on any atom is -0.308 e. The average molecular weight is 382 g/mol. The van der Waals surface area contributed by atoms with Crippen molar-refractivity contribution >= 4 is 35.1 Å². The van der Waals surface area contributed by atoms with Crippen molar-refractivity contribution in [2.45, 2.75) is 31.7 Å². The number of carbonyl (C=O) groups excluding carboxylic acids is 2. The van der Waals surface area contributed by atoms with E-state index in [1.54, 1.807) is 16.7 Å². The molecule has 2 aliphatic rings. The van der Waals surface area contributed by atoms with Gasteiger partial charge in [-0.2, -0.15) is 0 Å². The van der Waals surface area contributed by atoms with Crippen molar-refractivity contribution in [1.82, 2.24) is 4.90 Å². The van der Waals surface area contributed by atoms with Gasteiger partial charge in [0.2, 0.25) is 0 Å². The number of rotatable bonds is 2. The number of thioether (sulfide) groups is 1. The van der Waals surface area contributed by atoms with E-state index in [0.717, 1.165) is 28.3 Å². The summed E-state index contributed by atoms with van der Waals surface area (Å²) in [6.07, 6.45) is 0. The van der Waals surface area contributed by atoms with Crippen molar-refractivity contribution in [1.29, 1.82) is 0 Å². The van der Waals surface area contributed by atoms with Crippen LogP contribution in [0.25, 0.3) is 0 Å². The number of nitrogens with zero attached hydrogens (tertiary/aromatic N) is 2. The third-order valence-electron chi connectivity index (χ3n) is 5.11. The lowest BCUT2D eigenvalue weighted by Crippen LogP contribution is -2.52. The molecule has 2 heterocycles. The smallest absolute Gasteiger partial charge is 0.308 e. The number of benzene rings is 2. The first kappa shape index (κ1) is 17.9. The van der Waals surface area contributed by atoms with Crippen LogP contribution < -0.4 is 10.2 Å². The fourth-order valence-electron chi connectivity index (χ4n) is 3.86. The zero-order valence-electron chi connectivity index (χ0n) is 15.7. The second kappa shape index (κ2) is 6.60. The molecule has 2 aliphatic heterocycles. The van der Waals surface area contributed by atoms with E-state index in [0.29, 0.717) is 6.54 Å². The predicted octanol–water partition coefficient (Wildman–Crippen LogP) is 4.18. The first-order chi connectivity index (χ1) is 12.9. The zero-order chi connectivity index (χ0) is 19.2. The molecule has 0 bridgehead atoms. The largest absolute Gasteiger partial charge is 0.323 e. The Hall–Kier alpha value is -2.47. The lowest BCUT2D eigenvalue weighted by atomic mass is 10.1. The molecule has 6 heteroatoms. The van der Waals surface area contributed by atoms with Crippen molar-refractivity contribution in [3.63, 3.8) is 0 Å². The second-order valence-electron chi connectivity index (χ2n) is 7.23. The number of nitrogens with one attached hydrogen (secondary N) is 1. The van der Waals surface area contributed by atoms with Gasteiger partial charge in [-0.3, -0.25) is 9.69 Å². The molecule has 0 aromatic heterocycles. The van der Waals surface area contributed by atoms with E-state index in [1.807, 2.05) is 74.2 Å². The molecule has 0 radical (unpaired) electrons. The zero-order valence-corrected chi connectivity index (χ0v) is 16.5. The maximum atomic E-state index is 13.5. The molecule has 0 unspecified atom stereocenters. The fourth-order valence-corrected chi connectivity index (χ4v) is 5.31. The summed E-state index contributed by atoms with van der Waals surface area (Å²) < 4.78 is 0. The van der Waals surface area contributed by atoms with Crippen molar-refractivity contribution in [2.75, 3.05) is 22.5 Å². The molecule has 0 saturated carbocycles. The van der Waals surface area contributed by atoms with E-state index in [1.165, 1.54) is 0 Å². The van der Waals surface area contributed by atoms with Crippen LogP contribution in [0, 0.1) is 6.92 Å². The summed E-state index contributed by atoms with van der Waals surface area (Å²) >= 11 is 1.55. The summed E-state index contributed by atoms with van der Waals surface area (Å²) in [7, 11) is 0. The van der Waals surface area contributed by atoms with E-state index >= 15 is 0 Å². The van der Waals surface area contributed by atoms with Crippen molar-refractivity contribution in [2.24, 2.45) is 0 Å². The molecule has 2 aromatic rings. The van der Waals surface area contributed by atoms with E-state index in [4.69, 9.17) is 0 Å². The molecule has 140 valence electrons. The highest BCUT2D eigenvalue weighted by molar-refractivity contribution is 8.01. The van der Waals surface area contributed by atoms with Gasteiger partial charge in [-0.15, -0.1) is 11.8 Å². The molecule has 1 fully saturated rings. The van der Waals surface area contributed by atoms with Crippen LogP contribution in [0.15, 0.2) is 48.5 Å². The Bertz CT molecular complexity index is 897. The number of urea groups is 1. The Labute approximate surface area is 163 Å². The Balaban J connectivity index is 1.72. The summed E-state index contributed by atoms with van der Waals surface area (Å²) in [6, 6.07) is 15.3. The summed E-state index contributed by atoms with van der Waals surface area (Å²) in [5.74, 6) is 0.702. The summed E-state index contributed by atoms with van der Waals surface area (Å²) in [4.78, 5) is 29.2. The topological polar surface area (TPSA) is 52.7 Å².